The molecule has 3 heterocycles. The van der Waals surface area contributed by atoms with E-state index in [1.165, 1.54) is 4.88 Å². The maximum atomic E-state index is 12.8. The molecule has 3 rings (SSSR count). The zero-order valence-electron chi connectivity index (χ0n) is 12.1. The second kappa shape index (κ2) is 5.93. The molecular weight excluding hydrogens is 350 g/mol. The van der Waals surface area contributed by atoms with Crippen molar-refractivity contribution >= 4 is 33.2 Å². The van der Waals surface area contributed by atoms with Crippen LogP contribution in [0.4, 0.5) is 0 Å². The fraction of sp³-hybridized carbons (Fsp3) is 0.467. The van der Waals surface area contributed by atoms with Gasteiger partial charge in [-0.2, -0.15) is 5.10 Å². The molecule has 0 saturated carbocycles. The third kappa shape index (κ3) is 2.66. The number of amides is 1. The van der Waals surface area contributed by atoms with Gasteiger partial charge < -0.3 is 4.90 Å². The van der Waals surface area contributed by atoms with Gasteiger partial charge in [-0.15, -0.1) is 11.3 Å². The van der Waals surface area contributed by atoms with Crippen LogP contribution in [0, 0.1) is 0 Å². The summed E-state index contributed by atoms with van der Waals surface area (Å²) in [6.45, 7) is 4.96. The number of hydrogen-bond acceptors (Lipinski definition) is 3. The lowest BCUT2D eigenvalue weighted by atomic mass is 10.1. The van der Waals surface area contributed by atoms with Gasteiger partial charge in [0, 0.05) is 11.4 Å². The van der Waals surface area contributed by atoms with Gasteiger partial charge in [0.15, 0.2) is 5.69 Å². The number of carbonyl (C=O) groups excluding carboxylic acids is 1. The first-order chi connectivity index (χ1) is 10.1. The number of rotatable bonds is 3. The van der Waals surface area contributed by atoms with Crippen molar-refractivity contribution in [3.05, 3.63) is 38.3 Å². The first-order valence-electron chi connectivity index (χ1n) is 7.17. The van der Waals surface area contributed by atoms with Crippen LogP contribution >= 0.6 is 27.3 Å². The molecule has 1 saturated heterocycles. The predicted molar refractivity (Wildman–Crippen MR) is 87.7 cm³/mol. The van der Waals surface area contributed by atoms with E-state index in [2.05, 4.69) is 51.4 Å². The lowest BCUT2D eigenvalue weighted by Crippen LogP contribution is -2.30. The predicted octanol–water partition coefficient (Wildman–Crippen LogP) is 4.33. The van der Waals surface area contributed by atoms with Crippen LogP contribution in [0.3, 0.4) is 0 Å². The SMILES string of the molecule is CC(C)c1[nH]nc(C(=O)N2CCCC2c2cccs2)c1Br. The Labute approximate surface area is 136 Å². The molecule has 21 heavy (non-hydrogen) atoms. The van der Waals surface area contributed by atoms with Gasteiger partial charge in [0.05, 0.1) is 16.2 Å². The molecule has 4 nitrogen and oxygen atoms in total. The number of halogens is 1. The van der Waals surface area contributed by atoms with Crippen molar-refractivity contribution in [2.24, 2.45) is 0 Å². The van der Waals surface area contributed by atoms with E-state index in [-0.39, 0.29) is 11.9 Å². The highest BCUT2D eigenvalue weighted by Crippen LogP contribution is 2.36. The van der Waals surface area contributed by atoms with Gasteiger partial charge in [0.1, 0.15) is 0 Å². The van der Waals surface area contributed by atoms with E-state index in [1.807, 2.05) is 11.0 Å². The van der Waals surface area contributed by atoms with Crippen LogP contribution in [-0.2, 0) is 0 Å². The highest BCUT2D eigenvalue weighted by atomic mass is 79.9. The van der Waals surface area contributed by atoms with Crippen molar-refractivity contribution in [1.82, 2.24) is 15.1 Å². The number of H-pyrrole nitrogens is 1. The number of aromatic amines is 1. The number of likely N-dealkylation sites (tertiary alicyclic amines) is 1. The molecule has 1 unspecified atom stereocenters. The highest BCUT2D eigenvalue weighted by Gasteiger charge is 2.33. The van der Waals surface area contributed by atoms with E-state index in [1.54, 1.807) is 11.3 Å². The van der Waals surface area contributed by atoms with Gasteiger partial charge in [-0.3, -0.25) is 9.89 Å². The Balaban J connectivity index is 1.88. The Morgan fingerprint density at radius 2 is 2.38 bits per heavy atom. The van der Waals surface area contributed by atoms with E-state index in [0.29, 0.717) is 11.6 Å². The lowest BCUT2D eigenvalue weighted by molar-refractivity contribution is 0.0731. The Hall–Kier alpha value is -1.14. The van der Waals surface area contributed by atoms with Gasteiger partial charge in [-0.25, -0.2) is 0 Å². The second-order valence-corrected chi connectivity index (χ2v) is 7.40. The zero-order valence-corrected chi connectivity index (χ0v) is 14.5. The number of nitrogens with zero attached hydrogens (tertiary/aromatic N) is 2. The number of nitrogens with one attached hydrogen (secondary N) is 1. The molecule has 1 N–H and O–H groups in total. The number of hydrogen-bond donors (Lipinski definition) is 1. The van der Waals surface area contributed by atoms with Crippen molar-refractivity contribution in [1.29, 1.82) is 0 Å². The molecular formula is C15H18BrN3OS. The highest BCUT2D eigenvalue weighted by molar-refractivity contribution is 9.10. The standard InChI is InChI=1S/C15H18BrN3OS/c1-9(2)13-12(16)14(18-17-13)15(20)19-7-3-5-10(19)11-6-4-8-21-11/h4,6,8-10H,3,5,7H2,1-2H3,(H,17,18). The van der Waals surface area contributed by atoms with Crippen LogP contribution in [-0.4, -0.2) is 27.5 Å². The average molecular weight is 368 g/mol. The molecule has 1 aliphatic rings. The summed E-state index contributed by atoms with van der Waals surface area (Å²) >= 11 is 5.25. The smallest absolute Gasteiger partial charge is 0.276 e. The zero-order chi connectivity index (χ0) is 15.0. The normalized spacial score (nSPS) is 18.7. The van der Waals surface area contributed by atoms with Crippen molar-refractivity contribution in [2.75, 3.05) is 6.54 Å². The molecule has 1 aliphatic heterocycles. The number of thiophene rings is 1. The summed E-state index contributed by atoms with van der Waals surface area (Å²) in [6, 6.07) is 4.35. The summed E-state index contributed by atoms with van der Waals surface area (Å²) in [5, 5.41) is 9.29. The summed E-state index contributed by atoms with van der Waals surface area (Å²) in [7, 11) is 0. The first-order valence-corrected chi connectivity index (χ1v) is 8.85. The summed E-state index contributed by atoms with van der Waals surface area (Å²) < 4.78 is 0.805. The molecule has 0 aromatic carbocycles. The fourth-order valence-corrected chi connectivity index (χ4v) is 4.47. The van der Waals surface area contributed by atoms with Crippen molar-refractivity contribution < 1.29 is 4.79 Å². The minimum absolute atomic E-state index is 0.0147. The minimum Gasteiger partial charge on any atom is -0.329 e. The molecule has 2 aromatic heterocycles. The van der Waals surface area contributed by atoms with Crippen LogP contribution in [0.1, 0.15) is 59.7 Å². The van der Waals surface area contributed by atoms with E-state index >= 15 is 0 Å². The van der Waals surface area contributed by atoms with Gasteiger partial charge in [-0.05, 0) is 46.1 Å². The van der Waals surface area contributed by atoms with Gasteiger partial charge in [0.2, 0.25) is 0 Å². The maximum absolute atomic E-state index is 12.8. The molecule has 0 bridgehead atoms. The monoisotopic (exact) mass is 367 g/mol. The lowest BCUT2D eigenvalue weighted by Gasteiger charge is -2.23. The van der Waals surface area contributed by atoms with Crippen molar-refractivity contribution in [3.8, 4) is 0 Å². The Morgan fingerprint density at radius 3 is 3.00 bits per heavy atom. The molecule has 0 radical (unpaired) electrons. The summed E-state index contributed by atoms with van der Waals surface area (Å²) in [5.41, 5.74) is 1.48. The summed E-state index contributed by atoms with van der Waals surface area (Å²) in [6.07, 6.45) is 2.08. The van der Waals surface area contributed by atoms with E-state index < -0.39 is 0 Å². The maximum Gasteiger partial charge on any atom is 0.276 e. The largest absolute Gasteiger partial charge is 0.329 e. The van der Waals surface area contributed by atoms with E-state index in [9.17, 15) is 4.79 Å². The Kier molecular flexibility index (Phi) is 4.17. The Bertz CT molecular complexity index is 635. The molecule has 6 heteroatoms. The van der Waals surface area contributed by atoms with Gasteiger partial charge in [0.25, 0.3) is 5.91 Å². The molecule has 2 aromatic rings. The van der Waals surface area contributed by atoms with E-state index in [4.69, 9.17) is 0 Å². The van der Waals surface area contributed by atoms with Crippen LogP contribution < -0.4 is 0 Å². The van der Waals surface area contributed by atoms with Gasteiger partial charge in [-0.1, -0.05) is 19.9 Å². The topological polar surface area (TPSA) is 49.0 Å². The van der Waals surface area contributed by atoms with Crippen molar-refractivity contribution in [3.63, 3.8) is 0 Å². The summed E-state index contributed by atoms with van der Waals surface area (Å²) in [5.74, 6) is 0.320. The molecule has 1 amide bonds. The number of carbonyl (C=O) groups is 1. The third-order valence-electron chi connectivity index (χ3n) is 3.90. The summed E-state index contributed by atoms with van der Waals surface area (Å²) in [4.78, 5) is 16.0. The average Bonchev–Trinajstić information content (AvgIpc) is 3.17. The molecule has 0 aliphatic carbocycles. The van der Waals surface area contributed by atoms with Crippen LogP contribution in [0.25, 0.3) is 0 Å². The van der Waals surface area contributed by atoms with Gasteiger partial charge >= 0.3 is 0 Å². The van der Waals surface area contributed by atoms with Crippen LogP contribution in [0.5, 0.6) is 0 Å². The molecule has 112 valence electrons. The van der Waals surface area contributed by atoms with Crippen LogP contribution in [0.2, 0.25) is 0 Å². The molecule has 1 fully saturated rings. The first kappa shape index (κ1) is 14.8. The quantitative estimate of drug-likeness (QED) is 0.877. The Morgan fingerprint density at radius 1 is 1.57 bits per heavy atom. The van der Waals surface area contributed by atoms with E-state index in [0.717, 1.165) is 29.6 Å². The van der Waals surface area contributed by atoms with Crippen LogP contribution in [0.15, 0.2) is 22.0 Å². The minimum atomic E-state index is 0.0147. The fourth-order valence-electron chi connectivity index (χ4n) is 2.79. The molecule has 1 atom stereocenters. The molecule has 0 spiro atoms. The van der Waals surface area contributed by atoms with Crippen molar-refractivity contribution in [2.45, 2.75) is 38.6 Å². The second-order valence-electron chi connectivity index (χ2n) is 5.63. The number of aromatic nitrogens is 2. The third-order valence-corrected chi connectivity index (χ3v) is 5.67.